The summed E-state index contributed by atoms with van der Waals surface area (Å²) in [5, 5.41) is 1.15. The predicted octanol–water partition coefficient (Wildman–Crippen LogP) is 3.28. The van der Waals surface area contributed by atoms with Crippen LogP contribution in [0.25, 0.3) is 10.6 Å². The number of hydrogen-bond acceptors (Lipinski definition) is 4. The van der Waals surface area contributed by atoms with Crippen molar-refractivity contribution in [2.24, 2.45) is 11.7 Å². The summed E-state index contributed by atoms with van der Waals surface area (Å²) in [6.07, 6.45) is 1.08. The van der Waals surface area contributed by atoms with E-state index in [2.05, 4.69) is 43.0 Å². The van der Waals surface area contributed by atoms with E-state index >= 15 is 0 Å². The van der Waals surface area contributed by atoms with Crippen molar-refractivity contribution in [2.45, 2.75) is 33.4 Å². The third kappa shape index (κ3) is 3.34. The predicted molar refractivity (Wildman–Crippen MR) is 89.3 cm³/mol. The molecule has 0 saturated carbocycles. The molecule has 112 valence electrons. The standard InChI is InChI=1S/C17H23N3S/c1-12(2)10-20-8-7-15-16(11-20)21-17(19-15)14-5-3-13(9-18)4-6-14/h3-6,12H,7-11,18H2,1-2H3. The zero-order valence-corrected chi connectivity index (χ0v) is 13.6. The summed E-state index contributed by atoms with van der Waals surface area (Å²) in [5.41, 5.74) is 9.34. The molecule has 0 radical (unpaired) electrons. The molecule has 1 aliphatic rings. The first kappa shape index (κ1) is 14.7. The topological polar surface area (TPSA) is 42.2 Å². The molecule has 1 aromatic heterocycles. The Hall–Kier alpha value is -1.23. The zero-order chi connectivity index (χ0) is 14.8. The minimum absolute atomic E-state index is 0.596. The molecule has 21 heavy (non-hydrogen) atoms. The molecule has 1 aromatic carbocycles. The quantitative estimate of drug-likeness (QED) is 0.942. The number of thiazole rings is 1. The Morgan fingerprint density at radius 2 is 2.05 bits per heavy atom. The fourth-order valence-electron chi connectivity index (χ4n) is 2.83. The lowest BCUT2D eigenvalue weighted by atomic mass is 10.1. The summed E-state index contributed by atoms with van der Waals surface area (Å²) < 4.78 is 0. The highest BCUT2D eigenvalue weighted by Crippen LogP contribution is 2.32. The first-order chi connectivity index (χ1) is 10.2. The van der Waals surface area contributed by atoms with Crippen molar-refractivity contribution < 1.29 is 0 Å². The maximum absolute atomic E-state index is 5.65. The van der Waals surface area contributed by atoms with Crippen LogP contribution in [0.15, 0.2) is 24.3 Å². The minimum atomic E-state index is 0.596. The molecular formula is C17H23N3S. The van der Waals surface area contributed by atoms with Crippen molar-refractivity contribution in [3.8, 4) is 10.6 Å². The van der Waals surface area contributed by atoms with Crippen molar-refractivity contribution in [1.82, 2.24) is 9.88 Å². The molecule has 3 rings (SSSR count). The number of hydrogen-bond donors (Lipinski definition) is 1. The number of aromatic nitrogens is 1. The van der Waals surface area contributed by atoms with E-state index < -0.39 is 0 Å². The Morgan fingerprint density at radius 3 is 2.71 bits per heavy atom. The Morgan fingerprint density at radius 1 is 1.29 bits per heavy atom. The van der Waals surface area contributed by atoms with E-state index in [1.165, 1.54) is 28.2 Å². The molecule has 3 nitrogen and oxygen atoms in total. The van der Waals surface area contributed by atoms with Crippen molar-refractivity contribution in [2.75, 3.05) is 13.1 Å². The van der Waals surface area contributed by atoms with Crippen molar-refractivity contribution in [3.05, 3.63) is 40.4 Å². The number of nitrogens with zero attached hydrogens (tertiary/aromatic N) is 2. The first-order valence-electron chi connectivity index (χ1n) is 7.66. The molecule has 2 aromatic rings. The largest absolute Gasteiger partial charge is 0.326 e. The van der Waals surface area contributed by atoms with Gasteiger partial charge in [-0.15, -0.1) is 11.3 Å². The molecule has 0 unspecified atom stereocenters. The Labute approximate surface area is 130 Å². The van der Waals surface area contributed by atoms with Gasteiger partial charge in [-0.2, -0.15) is 0 Å². The lowest BCUT2D eigenvalue weighted by Gasteiger charge is -2.27. The molecule has 4 heteroatoms. The number of rotatable bonds is 4. The first-order valence-corrected chi connectivity index (χ1v) is 8.47. The van der Waals surface area contributed by atoms with Crippen LogP contribution in [-0.2, 0) is 19.5 Å². The Kier molecular flexibility index (Phi) is 4.38. The second-order valence-electron chi connectivity index (χ2n) is 6.17. The number of fused-ring (bicyclic) bond motifs is 1. The van der Waals surface area contributed by atoms with Gasteiger partial charge in [0.05, 0.1) is 5.69 Å². The van der Waals surface area contributed by atoms with Crippen LogP contribution in [0.4, 0.5) is 0 Å². The summed E-state index contributed by atoms with van der Waals surface area (Å²) in [7, 11) is 0. The normalized spacial score (nSPS) is 15.4. The zero-order valence-electron chi connectivity index (χ0n) is 12.8. The molecule has 2 heterocycles. The van der Waals surface area contributed by atoms with E-state index in [-0.39, 0.29) is 0 Å². The van der Waals surface area contributed by atoms with Gasteiger partial charge in [-0.25, -0.2) is 4.98 Å². The molecule has 0 amide bonds. The van der Waals surface area contributed by atoms with Gasteiger partial charge in [-0.05, 0) is 11.5 Å². The molecule has 0 aliphatic carbocycles. The monoisotopic (exact) mass is 301 g/mol. The highest BCUT2D eigenvalue weighted by molar-refractivity contribution is 7.15. The average Bonchev–Trinajstić information content (AvgIpc) is 2.90. The fourth-order valence-corrected chi connectivity index (χ4v) is 3.98. The van der Waals surface area contributed by atoms with Crippen molar-refractivity contribution in [1.29, 1.82) is 0 Å². The molecule has 2 N–H and O–H groups in total. The second kappa shape index (κ2) is 6.26. The molecule has 0 spiro atoms. The van der Waals surface area contributed by atoms with Gasteiger partial charge < -0.3 is 5.73 Å². The van der Waals surface area contributed by atoms with Crippen LogP contribution >= 0.6 is 11.3 Å². The molecule has 1 aliphatic heterocycles. The van der Waals surface area contributed by atoms with Gasteiger partial charge in [0.25, 0.3) is 0 Å². The summed E-state index contributed by atoms with van der Waals surface area (Å²) >= 11 is 1.85. The van der Waals surface area contributed by atoms with Crippen LogP contribution in [0.2, 0.25) is 0 Å². The summed E-state index contributed by atoms with van der Waals surface area (Å²) in [6, 6.07) is 8.47. The van der Waals surface area contributed by atoms with Crippen LogP contribution in [0, 0.1) is 5.92 Å². The lowest BCUT2D eigenvalue weighted by molar-refractivity contribution is 0.228. The van der Waals surface area contributed by atoms with E-state index in [9.17, 15) is 0 Å². The smallest absolute Gasteiger partial charge is 0.123 e. The molecular weight excluding hydrogens is 278 g/mol. The molecule has 0 fully saturated rings. The lowest BCUT2D eigenvalue weighted by Crippen LogP contribution is -2.32. The van der Waals surface area contributed by atoms with E-state index in [1.807, 2.05) is 11.3 Å². The van der Waals surface area contributed by atoms with Crippen LogP contribution in [0.5, 0.6) is 0 Å². The highest BCUT2D eigenvalue weighted by Gasteiger charge is 2.21. The number of benzene rings is 1. The van der Waals surface area contributed by atoms with Gasteiger partial charge in [0.15, 0.2) is 0 Å². The van der Waals surface area contributed by atoms with Crippen molar-refractivity contribution >= 4 is 11.3 Å². The van der Waals surface area contributed by atoms with Gasteiger partial charge in [0.1, 0.15) is 5.01 Å². The van der Waals surface area contributed by atoms with Gasteiger partial charge in [-0.1, -0.05) is 38.1 Å². The Balaban J connectivity index is 1.79. The van der Waals surface area contributed by atoms with Gasteiger partial charge in [-0.3, -0.25) is 4.90 Å². The van der Waals surface area contributed by atoms with Crippen LogP contribution in [0.3, 0.4) is 0 Å². The molecule has 0 saturated heterocycles. The van der Waals surface area contributed by atoms with Gasteiger partial charge in [0.2, 0.25) is 0 Å². The second-order valence-corrected chi connectivity index (χ2v) is 7.25. The summed E-state index contributed by atoms with van der Waals surface area (Å²) in [6.45, 7) is 8.54. The van der Waals surface area contributed by atoms with Crippen LogP contribution in [-0.4, -0.2) is 23.0 Å². The van der Waals surface area contributed by atoms with E-state index in [0.29, 0.717) is 6.54 Å². The highest BCUT2D eigenvalue weighted by atomic mass is 32.1. The Bertz CT molecular complexity index is 601. The molecule has 0 bridgehead atoms. The van der Waals surface area contributed by atoms with Crippen molar-refractivity contribution in [3.63, 3.8) is 0 Å². The summed E-state index contributed by atoms with van der Waals surface area (Å²) in [4.78, 5) is 8.84. The van der Waals surface area contributed by atoms with Gasteiger partial charge >= 0.3 is 0 Å². The van der Waals surface area contributed by atoms with Gasteiger partial charge in [0, 0.05) is 43.0 Å². The van der Waals surface area contributed by atoms with E-state index in [0.717, 1.165) is 30.4 Å². The maximum Gasteiger partial charge on any atom is 0.123 e. The average molecular weight is 301 g/mol. The SMILES string of the molecule is CC(C)CN1CCc2nc(-c3ccc(CN)cc3)sc2C1. The number of nitrogens with two attached hydrogens (primary N) is 1. The third-order valence-corrected chi connectivity index (χ3v) is 5.00. The fraction of sp³-hybridized carbons (Fsp3) is 0.471. The van der Waals surface area contributed by atoms with Crippen LogP contribution in [0.1, 0.15) is 30.0 Å². The maximum atomic E-state index is 5.65. The summed E-state index contributed by atoms with van der Waals surface area (Å²) in [5.74, 6) is 0.725. The van der Waals surface area contributed by atoms with E-state index in [4.69, 9.17) is 10.7 Å². The minimum Gasteiger partial charge on any atom is -0.326 e. The third-order valence-electron chi connectivity index (χ3n) is 3.87. The molecule has 0 atom stereocenters. The van der Waals surface area contributed by atoms with Crippen LogP contribution < -0.4 is 5.73 Å². The van der Waals surface area contributed by atoms with E-state index in [1.54, 1.807) is 0 Å².